The van der Waals surface area contributed by atoms with Crippen molar-refractivity contribution in [1.29, 1.82) is 0 Å². The van der Waals surface area contributed by atoms with Gasteiger partial charge in [0.1, 0.15) is 5.75 Å². The van der Waals surface area contributed by atoms with Crippen molar-refractivity contribution in [3.8, 4) is 5.75 Å². The van der Waals surface area contributed by atoms with Crippen molar-refractivity contribution in [3.05, 3.63) is 23.8 Å². The number of anilines is 1. The van der Waals surface area contributed by atoms with Gasteiger partial charge in [-0.3, -0.25) is 4.90 Å². The minimum Gasteiger partial charge on any atom is -0.508 e. The van der Waals surface area contributed by atoms with Crippen molar-refractivity contribution in [1.82, 2.24) is 4.90 Å². The monoisotopic (exact) mass is 264 g/mol. The first kappa shape index (κ1) is 14.2. The largest absolute Gasteiger partial charge is 0.508 e. The molecule has 0 saturated carbocycles. The summed E-state index contributed by atoms with van der Waals surface area (Å²) >= 11 is 0. The quantitative estimate of drug-likeness (QED) is 0.878. The average Bonchev–Trinajstić information content (AvgIpc) is 2.41. The summed E-state index contributed by atoms with van der Waals surface area (Å²) in [7, 11) is 3.96. The highest BCUT2D eigenvalue weighted by molar-refractivity contribution is 5.52. The van der Waals surface area contributed by atoms with Crippen LogP contribution in [0.25, 0.3) is 0 Å². The standard InChI is InChI=1S/C15H24N2O2/c1-16(2)14-6-5-13(15(18)12-14)4-3-7-17-8-10-19-11-9-17/h5-6,12,18H,3-4,7-11H2,1-2H3. The topological polar surface area (TPSA) is 35.9 Å². The molecule has 1 aromatic carbocycles. The molecule has 1 aromatic rings. The fraction of sp³-hybridized carbons (Fsp3) is 0.600. The Bertz CT molecular complexity index is 401. The van der Waals surface area contributed by atoms with Crippen LogP contribution in [0.3, 0.4) is 0 Å². The molecular weight excluding hydrogens is 240 g/mol. The van der Waals surface area contributed by atoms with Gasteiger partial charge in [0.2, 0.25) is 0 Å². The van der Waals surface area contributed by atoms with Gasteiger partial charge >= 0.3 is 0 Å². The number of nitrogens with zero attached hydrogens (tertiary/aromatic N) is 2. The zero-order valence-electron chi connectivity index (χ0n) is 11.9. The molecule has 0 atom stereocenters. The van der Waals surface area contributed by atoms with E-state index in [0.29, 0.717) is 5.75 Å². The SMILES string of the molecule is CN(C)c1ccc(CCCN2CCOCC2)c(O)c1. The number of hydrogen-bond donors (Lipinski definition) is 1. The highest BCUT2D eigenvalue weighted by Gasteiger charge is 2.10. The van der Waals surface area contributed by atoms with Gasteiger partial charge in [0.15, 0.2) is 0 Å². The molecule has 1 saturated heterocycles. The summed E-state index contributed by atoms with van der Waals surface area (Å²) in [5, 5.41) is 10.0. The highest BCUT2D eigenvalue weighted by atomic mass is 16.5. The number of phenolic OH excluding ortho intramolecular Hbond substituents is 1. The first-order valence-corrected chi connectivity index (χ1v) is 6.96. The van der Waals surface area contributed by atoms with Crippen molar-refractivity contribution < 1.29 is 9.84 Å². The Labute approximate surface area is 115 Å². The van der Waals surface area contributed by atoms with Crippen molar-refractivity contribution in [3.63, 3.8) is 0 Å². The first-order chi connectivity index (χ1) is 9.16. The lowest BCUT2D eigenvalue weighted by Crippen LogP contribution is -2.36. The van der Waals surface area contributed by atoms with Crippen LogP contribution in [0.1, 0.15) is 12.0 Å². The molecule has 0 spiro atoms. The van der Waals surface area contributed by atoms with Crippen LogP contribution in [0.4, 0.5) is 5.69 Å². The molecule has 0 bridgehead atoms. The van der Waals surface area contributed by atoms with Gasteiger partial charge in [0.05, 0.1) is 13.2 Å². The number of morpholine rings is 1. The lowest BCUT2D eigenvalue weighted by Gasteiger charge is -2.26. The van der Waals surface area contributed by atoms with Crippen molar-refractivity contribution in [2.75, 3.05) is 51.8 Å². The molecule has 4 heteroatoms. The molecule has 1 aliphatic heterocycles. The molecule has 0 aromatic heterocycles. The maximum absolute atomic E-state index is 10.0. The number of aryl methyl sites for hydroxylation is 1. The Morgan fingerprint density at radius 1 is 1.26 bits per heavy atom. The molecule has 0 amide bonds. The van der Waals surface area contributed by atoms with E-state index < -0.39 is 0 Å². The zero-order valence-corrected chi connectivity index (χ0v) is 11.9. The van der Waals surface area contributed by atoms with Crippen molar-refractivity contribution >= 4 is 5.69 Å². The second-order valence-corrected chi connectivity index (χ2v) is 5.27. The van der Waals surface area contributed by atoms with Gasteiger partial charge < -0.3 is 14.7 Å². The fourth-order valence-electron chi connectivity index (χ4n) is 2.36. The van der Waals surface area contributed by atoms with Crippen molar-refractivity contribution in [2.45, 2.75) is 12.8 Å². The Hall–Kier alpha value is -1.26. The minimum absolute atomic E-state index is 0.410. The molecular formula is C15H24N2O2. The number of hydrogen-bond acceptors (Lipinski definition) is 4. The van der Waals surface area contributed by atoms with E-state index in [-0.39, 0.29) is 0 Å². The van der Waals surface area contributed by atoms with Gasteiger partial charge in [-0.05, 0) is 31.0 Å². The number of phenols is 1. The number of ether oxygens (including phenoxy) is 1. The van der Waals surface area contributed by atoms with E-state index in [9.17, 15) is 5.11 Å². The Morgan fingerprint density at radius 3 is 2.63 bits per heavy atom. The Balaban J connectivity index is 1.82. The smallest absolute Gasteiger partial charge is 0.120 e. The van der Waals surface area contributed by atoms with Gasteiger partial charge in [0.25, 0.3) is 0 Å². The molecule has 4 nitrogen and oxygen atoms in total. The van der Waals surface area contributed by atoms with Crippen LogP contribution in [0.15, 0.2) is 18.2 Å². The van der Waals surface area contributed by atoms with E-state index in [0.717, 1.165) is 56.9 Å². The van der Waals surface area contributed by atoms with Crippen LogP contribution < -0.4 is 4.90 Å². The summed E-state index contributed by atoms with van der Waals surface area (Å²) in [6.45, 7) is 4.85. The highest BCUT2D eigenvalue weighted by Crippen LogP contribution is 2.24. The lowest BCUT2D eigenvalue weighted by molar-refractivity contribution is 0.0374. The fourth-order valence-corrected chi connectivity index (χ4v) is 2.36. The predicted molar refractivity (Wildman–Crippen MR) is 78.0 cm³/mol. The average molecular weight is 264 g/mol. The third-order valence-electron chi connectivity index (χ3n) is 3.61. The van der Waals surface area contributed by atoms with Crippen LogP contribution in [-0.2, 0) is 11.2 Å². The normalized spacial score (nSPS) is 16.5. The van der Waals surface area contributed by atoms with Gasteiger partial charge in [-0.15, -0.1) is 0 Å². The summed E-state index contributed by atoms with van der Waals surface area (Å²) < 4.78 is 5.33. The summed E-state index contributed by atoms with van der Waals surface area (Å²) in [4.78, 5) is 4.42. The molecule has 106 valence electrons. The van der Waals surface area contributed by atoms with E-state index in [4.69, 9.17) is 4.74 Å². The first-order valence-electron chi connectivity index (χ1n) is 6.96. The maximum Gasteiger partial charge on any atom is 0.120 e. The molecule has 1 heterocycles. The Kier molecular flexibility index (Phi) is 5.05. The minimum atomic E-state index is 0.410. The van der Waals surface area contributed by atoms with Crippen LogP contribution in [0, 0.1) is 0 Å². The van der Waals surface area contributed by atoms with E-state index in [1.165, 1.54) is 0 Å². The Morgan fingerprint density at radius 2 is 2.00 bits per heavy atom. The predicted octanol–water partition coefficient (Wildman–Crippen LogP) is 1.72. The zero-order chi connectivity index (χ0) is 13.7. The summed E-state index contributed by atoms with van der Waals surface area (Å²) in [6, 6.07) is 5.93. The molecule has 1 N–H and O–H groups in total. The van der Waals surface area contributed by atoms with Gasteiger partial charge in [-0.2, -0.15) is 0 Å². The molecule has 0 unspecified atom stereocenters. The van der Waals surface area contributed by atoms with E-state index >= 15 is 0 Å². The van der Waals surface area contributed by atoms with Crippen LogP contribution in [0.2, 0.25) is 0 Å². The van der Waals surface area contributed by atoms with Gasteiger partial charge in [-0.1, -0.05) is 6.07 Å². The van der Waals surface area contributed by atoms with Crippen molar-refractivity contribution in [2.24, 2.45) is 0 Å². The molecule has 1 aliphatic rings. The molecule has 19 heavy (non-hydrogen) atoms. The number of rotatable bonds is 5. The van der Waals surface area contributed by atoms with Gasteiger partial charge in [0, 0.05) is 38.9 Å². The molecule has 2 rings (SSSR count). The third kappa shape index (κ3) is 4.11. The summed E-state index contributed by atoms with van der Waals surface area (Å²) in [5.74, 6) is 0.410. The second-order valence-electron chi connectivity index (χ2n) is 5.27. The van der Waals surface area contributed by atoms with Crippen LogP contribution in [-0.4, -0.2) is 56.9 Å². The van der Waals surface area contributed by atoms with E-state index in [1.54, 1.807) is 0 Å². The summed E-state index contributed by atoms with van der Waals surface area (Å²) in [5.41, 5.74) is 2.08. The molecule has 0 aliphatic carbocycles. The number of benzene rings is 1. The maximum atomic E-state index is 10.0. The number of aromatic hydroxyl groups is 1. The second kappa shape index (κ2) is 6.78. The van der Waals surface area contributed by atoms with Crippen LogP contribution in [0.5, 0.6) is 5.75 Å². The third-order valence-corrected chi connectivity index (χ3v) is 3.61. The van der Waals surface area contributed by atoms with E-state index in [2.05, 4.69) is 11.0 Å². The van der Waals surface area contributed by atoms with E-state index in [1.807, 2.05) is 31.1 Å². The summed E-state index contributed by atoms with van der Waals surface area (Å²) in [6.07, 6.45) is 2.01. The lowest BCUT2D eigenvalue weighted by atomic mass is 10.1. The molecule has 0 radical (unpaired) electrons. The molecule has 1 fully saturated rings. The van der Waals surface area contributed by atoms with Gasteiger partial charge in [-0.25, -0.2) is 0 Å². The van der Waals surface area contributed by atoms with Crippen LogP contribution >= 0.6 is 0 Å².